The van der Waals surface area contributed by atoms with E-state index in [4.69, 9.17) is 16.0 Å². The summed E-state index contributed by atoms with van der Waals surface area (Å²) in [5.74, 6) is 5.58. The first kappa shape index (κ1) is 13.0. The lowest BCUT2D eigenvalue weighted by Gasteiger charge is -2.17. The van der Waals surface area contributed by atoms with Gasteiger partial charge in [-0.2, -0.15) is 5.10 Å². The lowest BCUT2D eigenvalue weighted by Crippen LogP contribution is -2.32. The Morgan fingerprint density at radius 3 is 2.53 bits per heavy atom. The van der Waals surface area contributed by atoms with Gasteiger partial charge >= 0.3 is 0 Å². The molecule has 6 nitrogen and oxygen atoms in total. The number of nitrogens with zero attached hydrogens (tertiary/aromatic N) is 2. The summed E-state index contributed by atoms with van der Waals surface area (Å²) in [4.78, 5) is 0. The third kappa shape index (κ3) is 3.18. The average Bonchev–Trinajstić information content (AvgIpc) is 2.37. The second-order valence-electron chi connectivity index (χ2n) is 3.30. The van der Waals surface area contributed by atoms with Gasteiger partial charge in [0.05, 0.1) is 12.3 Å². The van der Waals surface area contributed by atoms with Crippen molar-refractivity contribution in [3.63, 3.8) is 0 Å². The molecule has 0 fully saturated rings. The highest BCUT2D eigenvalue weighted by molar-refractivity contribution is 6.43. The van der Waals surface area contributed by atoms with E-state index < -0.39 is 0 Å². The first-order chi connectivity index (χ1) is 8.10. The Kier molecular flexibility index (Phi) is 4.47. The van der Waals surface area contributed by atoms with E-state index in [1.165, 1.54) is 0 Å². The molecule has 0 aliphatic heterocycles. The van der Waals surface area contributed by atoms with E-state index in [1.807, 2.05) is 6.92 Å². The van der Waals surface area contributed by atoms with Gasteiger partial charge in [-0.25, -0.2) is 5.06 Å². The molecule has 0 saturated carbocycles. The first-order valence-electron chi connectivity index (χ1n) is 5.15. The summed E-state index contributed by atoms with van der Waals surface area (Å²) in [6.45, 7) is 4.01. The lowest BCUT2D eigenvalue weighted by atomic mass is 10.2. The van der Waals surface area contributed by atoms with Crippen LogP contribution >= 0.6 is 0 Å². The second kappa shape index (κ2) is 5.86. The molecule has 0 amide bonds. The maximum absolute atomic E-state index is 9.74. The molecule has 4 N–H and O–H groups in total. The molecule has 0 aromatic heterocycles. The molecule has 0 heterocycles. The Morgan fingerprint density at radius 2 is 2.06 bits per heavy atom. The van der Waals surface area contributed by atoms with Gasteiger partial charge in [0.2, 0.25) is 0 Å². The van der Waals surface area contributed by atoms with Crippen LogP contribution in [0.15, 0.2) is 29.4 Å². The number of nitrogens with two attached hydrogens (primary N) is 1. The number of anilines is 1. The number of hydrazone groups is 1. The summed E-state index contributed by atoms with van der Waals surface area (Å²) in [6.07, 6.45) is 0. The fourth-order valence-corrected chi connectivity index (χ4v) is 1.19. The smallest absolute Gasteiger partial charge is 0.173 e. The van der Waals surface area contributed by atoms with Gasteiger partial charge in [-0.05, 0) is 38.1 Å². The third-order valence-corrected chi connectivity index (χ3v) is 2.14. The van der Waals surface area contributed by atoms with E-state index >= 15 is 0 Å². The van der Waals surface area contributed by atoms with Crippen LogP contribution in [0.3, 0.4) is 0 Å². The Hall–Kier alpha value is -2.08. The van der Waals surface area contributed by atoms with Gasteiger partial charge in [0.15, 0.2) is 5.84 Å². The van der Waals surface area contributed by atoms with Crippen molar-refractivity contribution in [1.29, 1.82) is 5.41 Å². The van der Waals surface area contributed by atoms with Crippen LogP contribution in [0.4, 0.5) is 5.69 Å². The maximum atomic E-state index is 9.74. The second-order valence-corrected chi connectivity index (χ2v) is 3.30. The van der Waals surface area contributed by atoms with Gasteiger partial charge in [-0.1, -0.05) is 0 Å². The van der Waals surface area contributed by atoms with Crippen LogP contribution in [-0.2, 0) is 0 Å². The molecular formula is C11H16N4O2. The molecule has 92 valence electrons. The number of benzene rings is 1. The van der Waals surface area contributed by atoms with Crippen LogP contribution in [0.2, 0.25) is 0 Å². The van der Waals surface area contributed by atoms with Crippen LogP contribution in [0, 0.1) is 5.41 Å². The van der Waals surface area contributed by atoms with Crippen LogP contribution < -0.4 is 15.6 Å². The van der Waals surface area contributed by atoms with Crippen molar-refractivity contribution in [1.82, 2.24) is 0 Å². The molecule has 0 saturated heterocycles. The van der Waals surface area contributed by atoms with Crippen molar-refractivity contribution in [2.24, 2.45) is 10.9 Å². The summed E-state index contributed by atoms with van der Waals surface area (Å²) >= 11 is 0. The highest BCUT2D eigenvalue weighted by Crippen LogP contribution is 2.18. The normalized spacial score (nSPS) is 11.1. The van der Waals surface area contributed by atoms with Crippen molar-refractivity contribution >= 4 is 17.2 Å². The SMILES string of the molecule is CCOc1ccc(N(O)C(=N)C(C)=NN)cc1. The van der Waals surface area contributed by atoms with Gasteiger partial charge in [-0.15, -0.1) is 0 Å². The molecule has 0 aliphatic rings. The number of hydrogen-bond donors (Lipinski definition) is 3. The zero-order chi connectivity index (χ0) is 12.8. The Bertz CT molecular complexity index is 414. The molecule has 17 heavy (non-hydrogen) atoms. The molecule has 0 bridgehead atoms. The average molecular weight is 236 g/mol. The van der Waals surface area contributed by atoms with E-state index in [-0.39, 0.29) is 11.5 Å². The minimum absolute atomic E-state index is 0.170. The minimum atomic E-state index is -0.170. The molecule has 0 atom stereocenters. The highest BCUT2D eigenvalue weighted by atomic mass is 16.5. The van der Waals surface area contributed by atoms with Crippen LogP contribution in [-0.4, -0.2) is 23.4 Å². The zero-order valence-electron chi connectivity index (χ0n) is 9.84. The van der Waals surface area contributed by atoms with Crippen molar-refractivity contribution < 1.29 is 9.94 Å². The summed E-state index contributed by atoms with van der Waals surface area (Å²) in [5.41, 5.74) is 0.683. The maximum Gasteiger partial charge on any atom is 0.173 e. The number of ether oxygens (including phenoxy) is 1. The van der Waals surface area contributed by atoms with Crippen molar-refractivity contribution in [3.05, 3.63) is 24.3 Å². The molecule has 1 rings (SSSR count). The van der Waals surface area contributed by atoms with E-state index in [1.54, 1.807) is 31.2 Å². The highest BCUT2D eigenvalue weighted by Gasteiger charge is 2.12. The number of hydrogen-bond acceptors (Lipinski definition) is 5. The van der Waals surface area contributed by atoms with Crippen molar-refractivity contribution in [2.45, 2.75) is 13.8 Å². The van der Waals surface area contributed by atoms with E-state index in [0.29, 0.717) is 23.1 Å². The summed E-state index contributed by atoms with van der Waals surface area (Å²) in [7, 11) is 0. The minimum Gasteiger partial charge on any atom is -0.494 e. The van der Waals surface area contributed by atoms with Crippen molar-refractivity contribution in [3.8, 4) is 5.75 Å². The van der Waals surface area contributed by atoms with E-state index in [2.05, 4.69) is 5.10 Å². The van der Waals surface area contributed by atoms with E-state index in [0.717, 1.165) is 0 Å². The summed E-state index contributed by atoms with van der Waals surface area (Å²) in [6, 6.07) is 6.71. The van der Waals surface area contributed by atoms with Crippen LogP contribution in [0.5, 0.6) is 5.75 Å². The molecule has 0 unspecified atom stereocenters. The molecule has 0 spiro atoms. The molecule has 6 heteroatoms. The molecule has 1 aromatic rings. The van der Waals surface area contributed by atoms with Gasteiger partial charge in [0.25, 0.3) is 0 Å². The number of amidine groups is 1. The lowest BCUT2D eigenvalue weighted by molar-refractivity contribution is 0.312. The van der Waals surface area contributed by atoms with Gasteiger partial charge in [0, 0.05) is 0 Å². The number of rotatable bonds is 4. The van der Waals surface area contributed by atoms with Gasteiger partial charge in [-0.3, -0.25) is 10.6 Å². The Labute approximate surface area is 99.8 Å². The quantitative estimate of drug-likeness (QED) is 0.320. The molecular weight excluding hydrogens is 220 g/mol. The monoisotopic (exact) mass is 236 g/mol. The largest absolute Gasteiger partial charge is 0.494 e. The summed E-state index contributed by atoms with van der Waals surface area (Å²) in [5, 5.41) is 21.4. The standard InChI is InChI=1S/C11H16N4O2/c1-3-17-10-6-4-9(5-7-10)15(16)11(12)8(2)14-13/h4-7,12,16H,3,13H2,1-2H3. The van der Waals surface area contributed by atoms with Crippen LogP contribution in [0.25, 0.3) is 0 Å². The molecule has 0 radical (unpaired) electrons. The summed E-state index contributed by atoms with van der Waals surface area (Å²) < 4.78 is 5.27. The van der Waals surface area contributed by atoms with Crippen molar-refractivity contribution in [2.75, 3.05) is 11.7 Å². The predicted octanol–water partition coefficient (Wildman–Crippen LogP) is 1.59. The predicted molar refractivity (Wildman–Crippen MR) is 66.9 cm³/mol. The number of hydroxylamine groups is 1. The third-order valence-electron chi connectivity index (χ3n) is 2.14. The van der Waals surface area contributed by atoms with E-state index in [9.17, 15) is 5.21 Å². The first-order valence-corrected chi connectivity index (χ1v) is 5.15. The fraction of sp³-hybridized carbons (Fsp3) is 0.273. The molecule has 1 aromatic carbocycles. The fourth-order valence-electron chi connectivity index (χ4n) is 1.19. The zero-order valence-corrected chi connectivity index (χ0v) is 9.84. The number of nitrogens with one attached hydrogen (secondary N) is 1. The van der Waals surface area contributed by atoms with Gasteiger partial charge < -0.3 is 10.6 Å². The Balaban J connectivity index is 2.82. The Morgan fingerprint density at radius 1 is 1.47 bits per heavy atom. The topological polar surface area (TPSA) is 94.9 Å². The van der Waals surface area contributed by atoms with Gasteiger partial charge in [0.1, 0.15) is 11.5 Å². The van der Waals surface area contributed by atoms with Crippen LogP contribution in [0.1, 0.15) is 13.8 Å². The molecule has 0 aliphatic carbocycles.